The minimum absolute atomic E-state index is 0.908. The Bertz CT molecular complexity index is 420. The maximum Gasteiger partial charge on any atom is 0.0948 e. The lowest BCUT2D eigenvalue weighted by atomic mass is 10.3. The molecular formula is C13H19N3S. The van der Waals surface area contributed by atoms with Gasteiger partial charge in [-0.25, -0.2) is 4.98 Å². The van der Waals surface area contributed by atoms with Crippen LogP contribution in [-0.2, 0) is 19.5 Å². The molecule has 4 heteroatoms. The molecule has 2 heterocycles. The molecule has 0 aromatic carbocycles. The molecule has 3 nitrogen and oxygen atoms in total. The summed E-state index contributed by atoms with van der Waals surface area (Å²) in [7, 11) is 0. The molecule has 0 aliphatic heterocycles. The van der Waals surface area contributed by atoms with Gasteiger partial charge in [-0.1, -0.05) is 13.0 Å². The Hall–Kier alpha value is -1.13. The second-order valence-electron chi connectivity index (χ2n) is 4.08. The van der Waals surface area contributed by atoms with Crippen molar-refractivity contribution in [2.24, 2.45) is 0 Å². The summed E-state index contributed by atoms with van der Waals surface area (Å²) < 4.78 is 2.22. The summed E-state index contributed by atoms with van der Waals surface area (Å²) in [6.45, 7) is 5.18. The van der Waals surface area contributed by atoms with Crippen molar-refractivity contribution in [1.29, 1.82) is 0 Å². The summed E-state index contributed by atoms with van der Waals surface area (Å²) in [6.07, 6.45) is 6.13. The molecule has 2 aromatic heterocycles. The largest absolute Gasteiger partial charge is 0.333 e. The van der Waals surface area contributed by atoms with Crippen LogP contribution in [0.1, 0.15) is 23.9 Å². The molecule has 0 unspecified atom stereocenters. The molecule has 2 rings (SSSR count). The summed E-state index contributed by atoms with van der Waals surface area (Å²) in [4.78, 5) is 5.64. The van der Waals surface area contributed by atoms with Crippen LogP contribution in [0.4, 0.5) is 0 Å². The second-order valence-corrected chi connectivity index (χ2v) is 5.12. The van der Waals surface area contributed by atoms with Gasteiger partial charge in [-0.2, -0.15) is 0 Å². The highest BCUT2D eigenvalue weighted by Gasteiger charge is 2.00. The van der Waals surface area contributed by atoms with Crippen molar-refractivity contribution in [2.45, 2.75) is 32.9 Å². The van der Waals surface area contributed by atoms with Crippen LogP contribution in [0, 0.1) is 0 Å². The van der Waals surface area contributed by atoms with Gasteiger partial charge in [0, 0.05) is 30.7 Å². The zero-order valence-corrected chi connectivity index (χ0v) is 11.0. The van der Waals surface area contributed by atoms with E-state index in [2.05, 4.69) is 39.3 Å². The first-order valence-electron chi connectivity index (χ1n) is 6.12. The Balaban J connectivity index is 1.72. The molecule has 17 heavy (non-hydrogen) atoms. The molecule has 92 valence electrons. The second kappa shape index (κ2) is 6.57. The van der Waals surface area contributed by atoms with E-state index in [1.807, 2.05) is 23.9 Å². The minimum Gasteiger partial charge on any atom is -0.333 e. The molecule has 0 saturated heterocycles. The lowest BCUT2D eigenvalue weighted by Crippen LogP contribution is -2.18. The van der Waals surface area contributed by atoms with Crippen LogP contribution in [0.2, 0.25) is 0 Å². The third-order valence-electron chi connectivity index (χ3n) is 2.70. The molecule has 0 atom stereocenters. The first-order chi connectivity index (χ1) is 8.40. The van der Waals surface area contributed by atoms with Gasteiger partial charge in [0.15, 0.2) is 0 Å². The number of aryl methyl sites for hydroxylation is 1. The Labute approximate surface area is 107 Å². The Kier molecular flexibility index (Phi) is 4.76. The first kappa shape index (κ1) is 12.3. The molecular weight excluding hydrogens is 230 g/mol. The lowest BCUT2D eigenvalue weighted by Gasteiger charge is -2.07. The molecule has 0 saturated carbocycles. The van der Waals surface area contributed by atoms with E-state index in [1.54, 1.807) is 0 Å². The van der Waals surface area contributed by atoms with Crippen LogP contribution in [0.3, 0.4) is 0 Å². The van der Waals surface area contributed by atoms with Crippen LogP contribution in [0.15, 0.2) is 30.0 Å². The fraction of sp³-hybridized carbons (Fsp3) is 0.462. The maximum absolute atomic E-state index is 4.19. The van der Waals surface area contributed by atoms with Gasteiger partial charge in [0.2, 0.25) is 0 Å². The smallest absolute Gasteiger partial charge is 0.0948 e. The van der Waals surface area contributed by atoms with Crippen molar-refractivity contribution in [3.63, 3.8) is 0 Å². The number of aromatic nitrogens is 2. The fourth-order valence-electron chi connectivity index (χ4n) is 1.82. The third kappa shape index (κ3) is 3.68. The topological polar surface area (TPSA) is 29.9 Å². The summed E-state index contributed by atoms with van der Waals surface area (Å²) >= 11 is 1.82. The molecule has 0 amide bonds. The highest BCUT2D eigenvalue weighted by molar-refractivity contribution is 7.09. The van der Waals surface area contributed by atoms with Crippen molar-refractivity contribution in [3.05, 3.63) is 40.6 Å². The summed E-state index contributed by atoms with van der Waals surface area (Å²) in [5.74, 6) is 0. The highest BCUT2D eigenvalue weighted by atomic mass is 32.1. The number of thiophene rings is 1. The third-order valence-corrected chi connectivity index (χ3v) is 3.63. The lowest BCUT2D eigenvalue weighted by molar-refractivity contribution is 0.602. The maximum atomic E-state index is 4.19. The number of hydrogen-bond acceptors (Lipinski definition) is 3. The average Bonchev–Trinajstić information content (AvgIpc) is 2.96. The number of hydrogen-bond donors (Lipinski definition) is 1. The number of imidazole rings is 1. The standard InChI is InChI=1S/C13H19N3S/c1-2-7-16-11-15-10-12(16)9-14-6-5-13-4-3-8-17-13/h3-4,8,10-11,14H,2,5-7,9H2,1H3. The molecule has 0 bridgehead atoms. The van der Waals surface area contributed by atoms with E-state index in [0.29, 0.717) is 0 Å². The molecule has 0 radical (unpaired) electrons. The molecule has 0 spiro atoms. The first-order valence-corrected chi connectivity index (χ1v) is 7.00. The van der Waals surface area contributed by atoms with Crippen LogP contribution in [0.5, 0.6) is 0 Å². The quantitative estimate of drug-likeness (QED) is 0.765. The van der Waals surface area contributed by atoms with E-state index in [0.717, 1.165) is 32.5 Å². The van der Waals surface area contributed by atoms with Crippen molar-refractivity contribution in [1.82, 2.24) is 14.9 Å². The predicted octanol–water partition coefficient (Wildman–Crippen LogP) is 2.69. The Morgan fingerprint density at radius 3 is 3.18 bits per heavy atom. The zero-order chi connectivity index (χ0) is 11.9. The van der Waals surface area contributed by atoms with Gasteiger partial charge in [-0.05, 0) is 24.3 Å². The molecule has 0 fully saturated rings. The number of rotatable bonds is 7. The Morgan fingerprint density at radius 2 is 2.41 bits per heavy atom. The van der Waals surface area contributed by atoms with Crippen LogP contribution < -0.4 is 5.32 Å². The van der Waals surface area contributed by atoms with Gasteiger partial charge in [-0.3, -0.25) is 0 Å². The van der Waals surface area contributed by atoms with Gasteiger partial charge in [0.05, 0.1) is 12.0 Å². The van der Waals surface area contributed by atoms with Crippen molar-refractivity contribution < 1.29 is 0 Å². The zero-order valence-electron chi connectivity index (χ0n) is 10.2. The number of nitrogens with one attached hydrogen (secondary N) is 1. The van der Waals surface area contributed by atoms with Gasteiger partial charge in [0.1, 0.15) is 0 Å². The van der Waals surface area contributed by atoms with Crippen LogP contribution in [0.25, 0.3) is 0 Å². The monoisotopic (exact) mass is 249 g/mol. The number of nitrogens with zero attached hydrogens (tertiary/aromatic N) is 2. The van der Waals surface area contributed by atoms with E-state index in [9.17, 15) is 0 Å². The van der Waals surface area contributed by atoms with E-state index in [1.165, 1.54) is 10.6 Å². The molecule has 0 aliphatic carbocycles. The summed E-state index contributed by atoms with van der Waals surface area (Å²) in [6, 6.07) is 4.30. The van der Waals surface area contributed by atoms with Gasteiger partial charge >= 0.3 is 0 Å². The van der Waals surface area contributed by atoms with Crippen molar-refractivity contribution >= 4 is 11.3 Å². The van der Waals surface area contributed by atoms with Crippen molar-refractivity contribution in [2.75, 3.05) is 6.54 Å². The average molecular weight is 249 g/mol. The van der Waals surface area contributed by atoms with Gasteiger partial charge in [-0.15, -0.1) is 11.3 Å². The molecule has 2 aromatic rings. The van der Waals surface area contributed by atoms with E-state index < -0.39 is 0 Å². The van der Waals surface area contributed by atoms with Crippen molar-refractivity contribution in [3.8, 4) is 0 Å². The predicted molar refractivity (Wildman–Crippen MR) is 72.2 cm³/mol. The van der Waals surface area contributed by atoms with Crippen LogP contribution >= 0.6 is 11.3 Å². The Morgan fingerprint density at radius 1 is 1.47 bits per heavy atom. The van der Waals surface area contributed by atoms with Gasteiger partial charge < -0.3 is 9.88 Å². The fourth-order valence-corrected chi connectivity index (χ4v) is 2.53. The van der Waals surface area contributed by atoms with E-state index >= 15 is 0 Å². The molecule has 0 aliphatic rings. The summed E-state index contributed by atoms with van der Waals surface area (Å²) in [5.41, 5.74) is 1.28. The summed E-state index contributed by atoms with van der Waals surface area (Å²) in [5, 5.41) is 5.60. The highest BCUT2D eigenvalue weighted by Crippen LogP contribution is 2.08. The van der Waals surface area contributed by atoms with Crippen LogP contribution in [-0.4, -0.2) is 16.1 Å². The SMILES string of the molecule is CCCn1cncc1CNCCc1cccs1. The van der Waals surface area contributed by atoms with E-state index in [4.69, 9.17) is 0 Å². The van der Waals surface area contributed by atoms with E-state index in [-0.39, 0.29) is 0 Å². The van der Waals surface area contributed by atoms with Gasteiger partial charge in [0.25, 0.3) is 0 Å². The minimum atomic E-state index is 0.908. The normalized spacial score (nSPS) is 10.9. The molecule has 1 N–H and O–H groups in total.